The van der Waals surface area contributed by atoms with Crippen molar-refractivity contribution in [2.75, 3.05) is 44.2 Å². The van der Waals surface area contributed by atoms with Crippen molar-refractivity contribution in [3.63, 3.8) is 0 Å². The molecular weight excluding hydrogens is 321 g/mol. The third kappa shape index (κ3) is 4.12. The number of amides is 1. The second-order valence-electron chi connectivity index (χ2n) is 6.58. The van der Waals surface area contributed by atoms with Crippen molar-refractivity contribution < 1.29 is 13.9 Å². The van der Waals surface area contributed by atoms with Gasteiger partial charge in [0.1, 0.15) is 5.82 Å². The molecule has 1 aromatic carbocycles. The number of ether oxygens (including phenoxy) is 1. The van der Waals surface area contributed by atoms with Crippen molar-refractivity contribution in [3.05, 3.63) is 41.4 Å². The van der Waals surface area contributed by atoms with E-state index in [9.17, 15) is 9.18 Å². The number of carbonyl (C=O) groups is 1. The van der Waals surface area contributed by atoms with Gasteiger partial charge in [-0.15, -0.1) is 0 Å². The quantitative estimate of drug-likeness (QED) is 0.889. The molecule has 1 saturated heterocycles. The molecule has 0 aromatic heterocycles. The monoisotopic (exact) mass is 347 g/mol. The average Bonchev–Trinajstić information content (AvgIpc) is 3.16. The summed E-state index contributed by atoms with van der Waals surface area (Å²) in [5.41, 5.74) is 2.46. The van der Waals surface area contributed by atoms with Gasteiger partial charge >= 0.3 is 0 Å². The number of anilines is 1. The molecule has 0 bridgehead atoms. The maximum atomic E-state index is 13.9. The zero-order chi connectivity index (χ0) is 17.8. The fraction of sp³-hybridized carbons (Fsp3) is 0.526. The van der Waals surface area contributed by atoms with Crippen LogP contribution in [0.1, 0.15) is 31.9 Å². The minimum Gasteiger partial charge on any atom is -0.500 e. The van der Waals surface area contributed by atoms with Gasteiger partial charge in [0.15, 0.2) is 0 Å². The maximum absolute atomic E-state index is 13.9. The molecule has 5 nitrogen and oxygen atoms in total. The molecule has 1 fully saturated rings. The minimum atomic E-state index is -0.282. The Morgan fingerprint density at radius 2 is 2.08 bits per heavy atom. The third-order valence-electron chi connectivity index (χ3n) is 4.97. The Hall–Kier alpha value is -2.08. The zero-order valence-electron chi connectivity index (χ0n) is 14.9. The van der Waals surface area contributed by atoms with Crippen LogP contribution in [0.5, 0.6) is 0 Å². The highest BCUT2D eigenvalue weighted by molar-refractivity contribution is 5.93. The number of hydrogen-bond donors (Lipinski definition) is 1. The van der Waals surface area contributed by atoms with Crippen LogP contribution in [-0.2, 0) is 9.53 Å². The molecular formula is C19H26FN3O2. The highest BCUT2D eigenvalue weighted by Crippen LogP contribution is 2.29. The van der Waals surface area contributed by atoms with Crippen LogP contribution in [0.3, 0.4) is 0 Å². The second kappa shape index (κ2) is 7.87. The van der Waals surface area contributed by atoms with E-state index in [2.05, 4.69) is 22.0 Å². The van der Waals surface area contributed by atoms with Crippen molar-refractivity contribution in [2.45, 2.75) is 26.3 Å². The van der Waals surface area contributed by atoms with Gasteiger partial charge in [-0.2, -0.15) is 0 Å². The first-order valence-corrected chi connectivity index (χ1v) is 8.96. The molecule has 1 amide bonds. The molecule has 2 aliphatic rings. The minimum absolute atomic E-state index is 0.143. The molecule has 1 aromatic rings. The smallest absolute Gasteiger partial charge is 0.250 e. The summed E-state index contributed by atoms with van der Waals surface area (Å²) in [4.78, 5) is 17.0. The van der Waals surface area contributed by atoms with Crippen LogP contribution in [0.2, 0.25) is 0 Å². The largest absolute Gasteiger partial charge is 0.500 e. The molecule has 136 valence electrons. The van der Waals surface area contributed by atoms with E-state index < -0.39 is 0 Å². The third-order valence-corrected chi connectivity index (χ3v) is 4.97. The summed E-state index contributed by atoms with van der Waals surface area (Å²) in [6.07, 6.45) is 2.13. The normalized spacial score (nSPS) is 19.3. The molecule has 2 aliphatic heterocycles. The summed E-state index contributed by atoms with van der Waals surface area (Å²) >= 11 is 0. The van der Waals surface area contributed by atoms with E-state index in [1.54, 1.807) is 0 Å². The summed E-state index contributed by atoms with van der Waals surface area (Å²) < 4.78 is 19.0. The molecule has 0 spiro atoms. The molecule has 6 heteroatoms. The van der Waals surface area contributed by atoms with Gasteiger partial charge in [-0.05, 0) is 31.7 Å². The lowest BCUT2D eigenvalue weighted by molar-refractivity contribution is -0.118. The molecule has 0 radical (unpaired) electrons. The van der Waals surface area contributed by atoms with Gasteiger partial charge in [0, 0.05) is 43.9 Å². The summed E-state index contributed by atoms with van der Waals surface area (Å²) in [6, 6.07) is 4.58. The summed E-state index contributed by atoms with van der Waals surface area (Å²) in [5.74, 6) is -0.425. The molecule has 1 N–H and O–H groups in total. The van der Waals surface area contributed by atoms with E-state index in [0.29, 0.717) is 18.6 Å². The summed E-state index contributed by atoms with van der Waals surface area (Å²) in [7, 11) is 0. The topological polar surface area (TPSA) is 44.8 Å². The first-order valence-electron chi connectivity index (χ1n) is 8.96. The standard InChI is InChI=1S/C19H26FN3O2/c1-3-22-7-9-23(10-8-22)18-5-4-16(20)12-17(18)14(2)21-19(24)15-6-11-25-13-15/h4-5,12-14H,3,6-11H2,1-2H3,(H,21,24). The lowest BCUT2D eigenvalue weighted by Gasteiger charge is -2.37. The van der Waals surface area contributed by atoms with E-state index in [1.807, 2.05) is 13.0 Å². The Morgan fingerprint density at radius 1 is 1.32 bits per heavy atom. The van der Waals surface area contributed by atoms with Crippen LogP contribution >= 0.6 is 0 Å². The Morgan fingerprint density at radius 3 is 2.72 bits per heavy atom. The first-order chi connectivity index (χ1) is 12.1. The van der Waals surface area contributed by atoms with Gasteiger partial charge in [0.25, 0.3) is 5.91 Å². The number of halogens is 1. The molecule has 25 heavy (non-hydrogen) atoms. The van der Waals surface area contributed by atoms with Crippen LogP contribution in [0.4, 0.5) is 10.1 Å². The second-order valence-corrected chi connectivity index (χ2v) is 6.58. The number of hydrogen-bond acceptors (Lipinski definition) is 4. The van der Waals surface area contributed by atoms with Crippen LogP contribution in [-0.4, -0.2) is 50.1 Å². The highest BCUT2D eigenvalue weighted by atomic mass is 19.1. The molecule has 0 aliphatic carbocycles. The Bertz CT molecular complexity index is 654. The number of carbonyl (C=O) groups excluding carboxylic acids is 1. The maximum Gasteiger partial charge on any atom is 0.250 e. The van der Waals surface area contributed by atoms with Crippen LogP contribution in [0.25, 0.3) is 0 Å². The first kappa shape index (κ1) is 17.7. The van der Waals surface area contributed by atoms with Crippen molar-refractivity contribution in [3.8, 4) is 0 Å². The van der Waals surface area contributed by atoms with Gasteiger partial charge < -0.3 is 19.9 Å². The highest BCUT2D eigenvalue weighted by Gasteiger charge is 2.23. The molecule has 1 atom stereocenters. The Balaban J connectivity index is 1.75. The van der Waals surface area contributed by atoms with E-state index >= 15 is 0 Å². The van der Waals surface area contributed by atoms with Crippen LogP contribution in [0.15, 0.2) is 30.0 Å². The fourth-order valence-electron chi connectivity index (χ4n) is 3.39. The number of likely N-dealkylation sites (N-methyl/N-ethyl adjacent to an activating group) is 1. The van der Waals surface area contributed by atoms with Crippen LogP contribution in [0, 0.1) is 5.82 Å². The van der Waals surface area contributed by atoms with Crippen LogP contribution < -0.4 is 10.2 Å². The fourth-order valence-corrected chi connectivity index (χ4v) is 3.39. The van der Waals surface area contributed by atoms with Crippen molar-refractivity contribution in [1.82, 2.24) is 10.2 Å². The van der Waals surface area contributed by atoms with E-state index in [-0.39, 0.29) is 17.8 Å². The number of nitrogens with one attached hydrogen (secondary N) is 1. The number of benzene rings is 1. The zero-order valence-corrected chi connectivity index (χ0v) is 14.9. The van der Waals surface area contributed by atoms with Gasteiger partial charge in [0.2, 0.25) is 0 Å². The lowest BCUT2D eigenvalue weighted by atomic mass is 10.0. The number of piperazine rings is 1. The van der Waals surface area contributed by atoms with E-state index in [4.69, 9.17) is 4.74 Å². The molecule has 0 saturated carbocycles. The Kier molecular flexibility index (Phi) is 5.58. The van der Waals surface area contributed by atoms with Crippen molar-refractivity contribution >= 4 is 11.6 Å². The number of nitrogens with zero attached hydrogens (tertiary/aromatic N) is 2. The predicted molar refractivity (Wildman–Crippen MR) is 95.9 cm³/mol. The molecule has 2 heterocycles. The van der Waals surface area contributed by atoms with Gasteiger partial charge in [-0.1, -0.05) is 6.92 Å². The van der Waals surface area contributed by atoms with Gasteiger partial charge in [-0.25, -0.2) is 4.39 Å². The Labute approximate surface area is 148 Å². The molecule has 3 rings (SSSR count). The molecule has 1 unspecified atom stereocenters. The average molecular weight is 347 g/mol. The van der Waals surface area contributed by atoms with Crippen molar-refractivity contribution in [2.24, 2.45) is 0 Å². The SMILES string of the molecule is CCN1CCN(c2ccc(F)cc2C(C)NC(=O)C2=COCC2)CC1. The van der Waals surface area contributed by atoms with E-state index in [1.165, 1.54) is 18.4 Å². The predicted octanol–water partition coefficient (Wildman–Crippen LogP) is 2.45. The van der Waals surface area contributed by atoms with Gasteiger partial charge in [-0.3, -0.25) is 4.79 Å². The summed E-state index contributed by atoms with van der Waals surface area (Å²) in [6.45, 7) is 9.47. The lowest BCUT2D eigenvalue weighted by Crippen LogP contribution is -2.46. The summed E-state index contributed by atoms with van der Waals surface area (Å²) in [5, 5.41) is 2.97. The number of rotatable bonds is 5. The van der Waals surface area contributed by atoms with Crippen molar-refractivity contribution in [1.29, 1.82) is 0 Å². The van der Waals surface area contributed by atoms with Gasteiger partial charge in [0.05, 0.1) is 24.5 Å². The van der Waals surface area contributed by atoms with E-state index in [0.717, 1.165) is 44.0 Å².